The first-order chi connectivity index (χ1) is 15.4. The van der Waals surface area contributed by atoms with E-state index in [0.29, 0.717) is 12.6 Å². The molecule has 0 radical (unpaired) electrons. The van der Waals surface area contributed by atoms with E-state index >= 15 is 0 Å². The Balaban J connectivity index is 1.66. The maximum Gasteiger partial charge on any atom is 0.191 e. The summed E-state index contributed by atoms with van der Waals surface area (Å²) < 4.78 is 12.7. The molecule has 176 valence electrons. The Morgan fingerprint density at radius 2 is 1.97 bits per heavy atom. The topological polar surface area (TPSA) is 79.2 Å². The van der Waals surface area contributed by atoms with E-state index in [1.165, 1.54) is 0 Å². The first-order valence-electron chi connectivity index (χ1n) is 11.1. The van der Waals surface area contributed by atoms with Gasteiger partial charge in [0.05, 0.1) is 33.0 Å². The first kappa shape index (κ1) is 23.7. The Kier molecular flexibility index (Phi) is 8.21. The highest BCUT2D eigenvalue weighted by atomic mass is 16.5. The summed E-state index contributed by atoms with van der Waals surface area (Å²) in [5.74, 6) is 2.45. The minimum absolute atomic E-state index is 0.170. The van der Waals surface area contributed by atoms with Crippen LogP contribution < -0.4 is 25.0 Å². The third-order valence-electron chi connectivity index (χ3n) is 5.73. The number of anilines is 1. The van der Waals surface area contributed by atoms with Crippen molar-refractivity contribution >= 4 is 11.6 Å². The second kappa shape index (κ2) is 11.1. The average Bonchev–Trinajstić information content (AvgIpc) is 3.42. The second-order valence-electron chi connectivity index (χ2n) is 8.29. The number of benzene rings is 1. The minimum Gasteiger partial charge on any atom is -0.497 e. The van der Waals surface area contributed by atoms with Crippen molar-refractivity contribution in [2.75, 3.05) is 59.4 Å². The predicted octanol–water partition coefficient (Wildman–Crippen LogP) is 1.87. The summed E-state index contributed by atoms with van der Waals surface area (Å²) in [5, 5.41) is 11.3. The van der Waals surface area contributed by atoms with Crippen LogP contribution in [0.1, 0.15) is 24.9 Å². The largest absolute Gasteiger partial charge is 0.497 e. The molecule has 1 fully saturated rings. The minimum atomic E-state index is 0.170. The van der Waals surface area contributed by atoms with Gasteiger partial charge in [-0.3, -0.25) is 9.67 Å². The van der Waals surface area contributed by atoms with Crippen LogP contribution in [0, 0.1) is 0 Å². The standard InChI is InChI=1S/C23H37N7O2/c1-7-24-23(25-14-22(28(2)3)17-13-26-29(4)15-17)27-18-8-9-30(16-18)19-10-20(31-5)12-21(11-19)32-6/h10-13,15,18,22H,7-9,14,16H2,1-6H3,(H2,24,25,27). The van der Waals surface area contributed by atoms with Gasteiger partial charge in [0.1, 0.15) is 11.5 Å². The normalized spacial score (nSPS) is 17.5. The molecule has 1 aliphatic heterocycles. The summed E-state index contributed by atoms with van der Waals surface area (Å²) in [6.07, 6.45) is 5.00. The smallest absolute Gasteiger partial charge is 0.191 e. The maximum absolute atomic E-state index is 5.43. The molecule has 2 N–H and O–H groups in total. The van der Waals surface area contributed by atoms with Gasteiger partial charge >= 0.3 is 0 Å². The van der Waals surface area contributed by atoms with Crippen molar-refractivity contribution in [2.24, 2.45) is 12.0 Å². The number of methoxy groups -OCH3 is 2. The molecule has 1 aromatic carbocycles. The van der Waals surface area contributed by atoms with Gasteiger partial charge in [-0.05, 0) is 27.4 Å². The van der Waals surface area contributed by atoms with Gasteiger partial charge in [0.15, 0.2) is 5.96 Å². The van der Waals surface area contributed by atoms with Crippen molar-refractivity contribution in [1.82, 2.24) is 25.3 Å². The fraction of sp³-hybridized carbons (Fsp3) is 0.565. The van der Waals surface area contributed by atoms with Crippen LogP contribution in [0.2, 0.25) is 0 Å². The number of ether oxygens (including phenoxy) is 2. The molecular formula is C23H37N7O2. The quantitative estimate of drug-likeness (QED) is 0.452. The lowest BCUT2D eigenvalue weighted by molar-refractivity contribution is 0.306. The molecule has 3 rings (SSSR count). The average molecular weight is 444 g/mol. The van der Waals surface area contributed by atoms with Gasteiger partial charge in [-0.25, -0.2) is 0 Å². The fourth-order valence-corrected chi connectivity index (χ4v) is 3.96. The summed E-state index contributed by atoms with van der Waals surface area (Å²) in [7, 11) is 9.45. The number of aryl methyl sites for hydroxylation is 1. The Labute approximate surface area is 191 Å². The number of hydrogen-bond acceptors (Lipinski definition) is 6. The zero-order valence-electron chi connectivity index (χ0n) is 20.1. The van der Waals surface area contributed by atoms with Crippen molar-refractivity contribution in [3.8, 4) is 11.5 Å². The number of nitrogens with zero attached hydrogens (tertiary/aromatic N) is 5. The van der Waals surface area contributed by atoms with E-state index in [1.807, 2.05) is 24.0 Å². The van der Waals surface area contributed by atoms with E-state index in [4.69, 9.17) is 14.5 Å². The molecule has 2 aromatic rings. The Morgan fingerprint density at radius 3 is 2.53 bits per heavy atom. The van der Waals surface area contributed by atoms with Crippen LogP contribution in [0.25, 0.3) is 0 Å². The fourth-order valence-electron chi connectivity index (χ4n) is 3.96. The van der Waals surface area contributed by atoms with E-state index < -0.39 is 0 Å². The Hall–Kier alpha value is -2.94. The van der Waals surface area contributed by atoms with E-state index in [9.17, 15) is 0 Å². The molecule has 1 saturated heterocycles. The zero-order valence-corrected chi connectivity index (χ0v) is 20.1. The molecular weight excluding hydrogens is 406 g/mol. The molecule has 2 heterocycles. The molecule has 2 unspecified atom stereocenters. The van der Waals surface area contributed by atoms with E-state index in [-0.39, 0.29) is 6.04 Å². The van der Waals surface area contributed by atoms with Crippen LogP contribution in [0.15, 0.2) is 35.6 Å². The number of guanidine groups is 1. The number of aromatic nitrogens is 2. The molecule has 9 nitrogen and oxygen atoms in total. The van der Waals surface area contributed by atoms with E-state index in [2.05, 4.69) is 64.9 Å². The number of likely N-dealkylation sites (N-methyl/N-ethyl adjacent to an activating group) is 1. The van der Waals surface area contributed by atoms with Gasteiger partial charge in [-0.1, -0.05) is 0 Å². The number of rotatable bonds is 9. The predicted molar refractivity (Wildman–Crippen MR) is 129 cm³/mol. The third kappa shape index (κ3) is 6.06. The molecule has 2 atom stereocenters. The summed E-state index contributed by atoms with van der Waals surface area (Å²) in [6.45, 7) is 5.40. The highest BCUT2D eigenvalue weighted by Gasteiger charge is 2.25. The Morgan fingerprint density at radius 1 is 1.25 bits per heavy atom. The highest BCUT2D eigenvalue weighted by Crippen LogP contribution is 2.30. The lowest BCUT2D eigenvalue weighted by atomic mass is 10.1. The zero-order chi connectivity index (χ0) is 23.1. The van der Waals surface area contributed by atoms with Crippen LogP contribution in [-0.2, 0) is 7.05 Å². The summed E-state index contributed by atoms with van der Waals surface area (Å²) in [5.41, 5.74) is 2.27. The van der Waals surface area contributed by atoms with E-state index in [1.54, 1.807) is 14.2 Å². The van der Waals surface area contributed by atoms with Crippen LogP contribution in [0.5, 0.6) is 11.5 Å². The highest BCUT2D eigenvalue weighted by molar-refractivity contribution is 5.80. The maximum atomic E-state index is 5.43. The Bertz CT molecular complexity index is 874. The molecule has 1 aliphatic rings. The third-order valence-corrected chi connectivity index (χ3v) is 5.73. The van der Waals surface area contributed by atoms with Gasteiger partial charge in [0.25, 0.3) is 0 Å². The molecule has 0 saturated carbocycles. The molecule has 9 heteroatoms. The van der Waals surface area contributed by atoms with Crippen LogP contribution in [0.4, 0.5) is 5.69 Å². The van der Waals surface area contributed by atoms with Crippen LogP contribution in [-0.4, -0.2) is 81.2 Å². The van der Waals surface area contributed by atoms with Gasteiger partial charge in [0.2, 0.25) is 0 Å². The van der Waals surface area contributed by atoms with Gasteiger partial charge in [-0.15, -0.1) is 0 Å². The van der Waals surface area contributed by atoms with Crippen LogP contribution in [0.3, 0.4) is 0 Å². The molecule has 0 bridgehead atoms. The lowest BCUT2D eigenvalue weighted by Gasteiger charge is -2.23. The number of hydrogen-bond donors (Lipinski definition) is 2. The summed E-state index contributed by atoms with van der Waals surface area (Å²) in [6, 6.07) is 6.48. The molecule has 0 spiro atoms. The molecule has 1 aromatic heterocycles. The molecule has 32 heavy (non-hydrogen) atoms. The van der Waals surface area contributed by atoms with Crippen LogP contribution >= 0.6 is 0 Å². The number of aliphatic imine (C=N–C) groups is 1. The lowest BCUT2D eigenvalue weighted by Crippen LogP contribution is -2.45. The van der Waals surface area contributed by atoms with Crippen molar-refractivity contribution in [1.29, 1.82) is 0 Å². The van der Waals surface area contributed by atoms with Crippen molar-refractivity contribution < 1.29 is 9.47 Å². The van der Waals surface area contributed by atoms with Crippen molar-refractivity contribution in [3.63, 3.8) is 0 Å². The number of nitrogens with one attached hydrogen (secondary N) is 2. The molecule has 0 amide bonds. The van der Waals surface area contributed by atoms with Crippen molar-refractivity contribution in [3.05, 3.63) is 36.2 Å². The monoisotopic (exact) mass is 443 g/mol. The second-order valence-corrected chi connectivity index (χ2v) is 8.29. The summed E-state index contributed by atoms with van der Waals surface area (Å²) >= 11 is 0. The summed E-state index contributed by atoms with van der Waals surface area (Å²) in [4.78, 5) is 9.42. The molecule has 0 aliphatic carbocycles. The van der Waals surface area contributed by atoms with Gasteiger partial charge in [0, 0.05) is 68.4 Å². The van der Waals surface area contributed by atoms with Gasteiger partial charge < -0.3 is 29.9 Å². The first-order valence-corrected chi connectivity index (χ1v) is 11.1. The van der Waals surface area contributed by atoms with Gasteiger partial charge in [-0.2, -0.15) is 5.10 Å². The van der Waals surface area contributed by atoms with E-state index in [0.717, 1.165) is 54.8 Å². The SMILES string of the molecule is CCNC(=NCC(c1cnn(C)c1)N(C)C)NC1CCN(c2cc(OC)cc(OC)c2)C1. The van der Waals surface area contributed by atoms with Crippen molar-refractivity contribution in [2.45, 2.75) is 25.4 Å².